The first-order valence-corrected chi connectivity index (χ1v) is 8.87. The van der Waals surface area contributed by atoms with E-state index in [1.807, 2.05) is 31.2 Å². The molecule has 0 aromatic heterocycles. The molecule has 4 nitrogen and oxygen atoms in total. The second kappa shape index (κ2) is 8.55. The van der Waals surface area contributed by atoms with Gasteiger partial charge in [-0.1, -0.05) is 43.6 Å². The monoisotopic (exact) mass is 337 g/mol. The second-order valence-corrected chi connectivity index (χ2v) is 7.24. The highest BCUT2D eigenvalue weighted by molar-refractivity contribution is 6.31. The van der Waals surface area contributed by atoms with Gasteiger partial charge in [-0.05, 0) is 37.3 Å². The van der Waals surface area contributed by atoms with Gasteiger partial charge in [0, 0.05) is 30.7 Å². The van der Waals surface area contributed by atoms with Crippen molar-refractivity contribution in [1.82, 2.24) is 15.5 Å². The van der Waals surface area contributed by atoms with Crippen molar-refractivity contribution in [3.63, 3.8) is 0 Å². The van der Waals surface area contributed by atoms with E-state index in [4.69, 9.17) is 11.6 Å². The molecule has 2 N–H and O–H groups in total. The van der Waals surface area contributed by atoms with Gasteiger partial charge in [0.25, 0.3) is 0 Å². The van der Waals surface area contributed by atoms with Crippen molar-refractivity contribution in [3.05, 3.63) is 34.9 Å². The number of piperidine rings is 1. The van der Waals surface area contributed by atoms with E-state index in [1.165, 1.54) is 0 Å². The molecule has 0 radical (unpaired) electrons. The molecule has 1 aliphatic heterocycles. The predicted molar refractivity (Wildman–Crippen MR) is 95.8 cm³/mol. The van der Waals surface area contributed by atoms with E-state index < -0.39 is 0 Å². The van der Waals surface area contributed by atoms with Crippen LogP contribution in [0.15, 0.2) is 24.3 Å². The lowest BCUT2D eigenvalue weighted by Crippen LogP contribution is -2.48. The molecule has 1 aliphatic rings. The number of benzene rings is 1. The van der Waals surface area contributed by atoms with Crippen molar-refractivity contribution in [2.75, 3.05) is 19.6 Å². The SMILES string of the molecule is CC(C)CN1CCC(NC(=O)N[C@@H](C)c2ccccc2Cl)CC1. The van der Waals surface area contributed by atoms with E-state index in [-0.39, 0.29) is 18.1 Å². The van der Waals surface area contributed by atoms with Gasteiger partial charge in [0.1, 0.15) is 0 Å². The van der Waals surface area contributed by atoms with Crippen LogP contribution in [0.2, 0.25) is 5.02 Å². The van der Waals surface area contributed by atoms with Crippen LogP contribution >= 0.6 is 11.6 Å². The summed E-state index contributed by atoms with van der Waals surface area (Å²) in [6.45, 7) is 9.70. The quantitative estimate of drug-likeness (QED) is 0.857. The summed E-state index contributed by atoms with van der Waals surface area (Å²) in [6.07, 6.45) is 2.03. The standard InChI is InChI=1S/C18H28ClN3O/c1-13(2)12-22-10-8-15(9-11-22)21-18(23)20-14(3)16-6-4-5-7-17(16)19/h4-7,13-15H,8-12H2,1-3H3,(H2,20,21,23)/t14-/m0/s1. The number of urea groups is 1. The first-order chi connectivity index (χ1) is 11.0. The molecule has 2 rings (SSSR count). The Morgan fingerprint density at radius 2 is 1.91 bits per heavy atom. The number of likely N-dealkylation sites (tertiary alicyclic amines) is 1. The van der Waals surface area contributed by atoms with Crippen LogP contribution in [0.4, 0.5) is 4.79 Å². The zero-order valence-corrected chi connectivity index (χ0v) is 15.1. The van der Waals surface area contributed by atoms with Crippen LogP contribution < -0.4 is 10.6 Å². The van der Waals surface area contributed by atoms with Crippen LogP contribution in [0.1, 0.15) is 45.2 Å². The molecule has 23 heavy (non-hydrogen) atoms. The average molecular weight is 338 g/mol. The van der Waals surface area contributed by atoms with Gasteiger partial charge in [-0.2, -0.15) is 0 Å². The summed E-state index contributed by atoms with van der Waals surface area (Å²) in [6, 6.07) is 7.65. The van der Waals surface area contributed by atoms with E-state index in [9.17, 15) is 4.79 Å². The van der Waals surface area contributed by atoms with Crippen LogP contribution in [0, 0.1) is 5.92 Å². The van der Waals surface area contributed by atoms with Gasteiger partial charge in [-0.25, -0.2) is 4.79 Å². The van der Waals surface area contributed by atoms with E-state index in [1.54, 1.807) is 0 Å². The maximum Gasteiger partial charge on any atom is 0.315 e. The third-order valence-corrected chi connectivity index (χ3v) is 4.61. The van der Waals surface area contributed by atoms with Gasteiger partial charge in [0.05, 0.1) is 6.04 Å². The summed E-state index contributed by atoms with van der Waals surface area (Å²) in [7, 11) is 0. The number of carbonyl (C=O) groups excluding carboxylic acids is 1. The number of hydrogen-bond acceptors (Lipinski definition) is 2. The molecule has 128 valence electrons. The highest BCUT2D eigenvalue weighted by Crippen LogP contribution is 2.22. The van der Waals surface area contributed by atoms with Crippen LogP contribution in [-0.4, -0.2) is 36.6 Å². The predicted octanol–water partition coefficient (Wildman–Crippen LogP) is 3.82. The lowest BCUT2D eigenvalue weighted by Gasteiger charge is -2.33. The van der Waals surface area contributed by atoms with E-state index in [2.05, 4.69) is 29.4 Å². The molecule has 1 aromatic carbocycles. The van der Waals surface area contributed by atoms with E-state index in [0.717, 1.165) is 38.0 Å². The minimum absolute atomic E-state index is 0.107. The van der Waals surface area contributed by atoms with Gasteiger partial charge in [0.2, 0.25) is 0 Å². The fourth-order valence-electron chi connectivity index (χ4n) is 3.10. The van der Waals surface area contributed by atoms with Crippen molar-refractivity contribution < 1.29 is 4.79 Å². The summed E-state index contributed by atoms with van der Waals surface area (Å²) in [5.41, 5.74) is 0.941. The molecular formula is C18H28ClN3O. The number of nitrogens with one attached hydrogen (secondary N) is 2. The summed E-state index contributed by atoms with van der Waals surface area (Å²) < 4.78 is 0. The molecule has 1 heterocycles. The van der Waals surface area contributed by atoms with Crippen molar-refractivity contribution >= 4 is 17.6 Å². The number of nitrogens with zero attached hydrogens (tertiary/aromatic N) is 1. The minimum atomic E-state index is -0.111. The molecule has 0 bridgehead atoms. The summed E-state index contributed by atoms with van der Waals surface area (Å²) in [5.74, 6) is 0.694. The molecule has 1 aromatic rings. The highest BCUT2D eigenvalue weighted by Gasteiger charge is 2.21. The van der Waals surface area contributed by atoms with Crippen LogP contribution in [-0.2, 0) is 0 Å². The third-order valence-electron chi connectivity index (χ3n) is 4.27. The highest BCUT2D eigenvalue weighted by atomic mass is 35.5. The van der Waals surface area contributed by atoms with Crippen molar-refractivity contribution in [1.29, 1.82) is 0 Å². The van der Waals surface area contributed by atoms with Crippen molar-refractivity contribution in [3.8, 4) is 0 Å². The van der Waals surface area contributed by atoms with Gasteiger partial charge in [0.15, 0.2) is 0 Å². The van der Waals surface area contributed by atoms with Gasteiger partial charge in [-0.15, -0.1) is 0 Å². The number of hydrogen-bond donors (Lipinski definition) is 2. The zero-order chi connectivity index (χ0) is 16.8. The normalized spacial score (nSPS) is 18.0. The number of halogens is 1. The summed E-state index contributed by atoms with van der Waals surface area (Å²) in [5, 5.41) is 6.76. The number of amides is 2. The molecular weight excluding hydrogens is 310 g/mol. The molecule has 2 amide bonds. The molecule has 0 aliphatic carbocycles. The van der Waals surface area contributed by atoms with Crippen LogP contribution in [0.5, 0.6) is 0 Å². The first kappa shape index (κ1) is 18.1. The smallest absolute Gasteiger partial charge is 0.315 e. The lowest BCUT2D eigenvalue weighted by molar-refractivity contribution is 0.177. The van der Waals surface area contributed by atoms with Gasteiger partial charge in [-0.3, -0.25) is 0 Å². The molecule has 0 spiro atoms. The minimum Gasteiger partial charge on any atom is -0.335 e. The summed E-state index contributed by atoms with van der Waals surface area (Å²) in [4.78, 5) is 14.7. The first-order valence-electron chi connectivity index (χ1n) is 8.49. The average Bonchev–Trinajstić information content (AvgIpc) is 2.49. The Labute approximate surface area is 144 Å². The molecule has 1 fully saturated rings. The third kappa shape index (κ3) is 5.70. The Kier molecular flexibility index (Phi) is 6.72. The molecule has 1 atom stereocenters. The number of carbonyl (C=O) groups is 1. The van der Waals surface area contributed by atoms with Gasteiger partial charge >= 0.3 is 6.03 Å². The Hall–Kier alpha value is -1.26. The fourth-order valence-corrected chi connectivity index (χ4v) is 3.40. The van der Waals surface area contributed by atoms with Gasteiger partial charge < -0.3 is 15.5 Å². The Bertz CT molecular complexity index is 513. The summed E-state index contributed by atoms with van der Waals surface area (Å²) >= 11 is 6.17. The molecule has 0 unspecified atom stereocenters. The van der Waals surface area contributed by atoms with Crippen molar-refractivity contribution in [2.24, 2.45) is 5.92 Å². The van der Waals surface area contributed by atoms with E-state index >= 15 is 0 Å². The topological polar surface area (TPSA) is 44.4 Å². The maximum atomic E-state index is 12.2. The maximum absolute atomic E-state index is 12.2. The Balaban J connectivity index is 1.76. The molecule has 0 saturated carbocycles. The lowest BCUT2D eigenvalue weighted by atomic mass is 10.0. The van der Waals surface area contributed by atoms with Crippen molar-refractivity contribution in [2.45, 2.75) is 45.7 Å². The van der Waals surface area contributed by atoms with Crippen LogP contribution in [0.25, 0.3) is 0 Å². The number of rotatable bonds is 5. The zero-order valence-electron chi connectivity index (χ0n) is 14.3. The van der Waals surface area contributed by atoms with Crippen LogP contribution in [0.3, 0.4) is 0 Å². The molecule has 1 saturated heterocycles. The Morgan fingerprint density at radius 3 is 2.52 bits per heavy atom. The largest absolute Gasteiger partial charge is 0.335 e. The fraction of sp³-hybridized carbons (Fsp3) is 0.611. The van der Waals surface area contributed by atoms with E-state index in [0.29, 0.717) is 10.9 Å². The second-order valence-electron chi connectivity index (χ2n) is 6.83. The molecule has 5 heteroatoms. The Morgan fingerprint density at radius 1 is 1.26 bits per heavy atom.